The smallest absolute Gasteiger partial charge is 0.253 e. The predicted molar refractivity (Wildman–Crippen MR) is 136 cm³/mol. The Morgan fingerprint density at radius 2 is 1.74 bits per heavy atom. The molecule has 2 saturated heterocycles. The van der Waals surface area contributed by atoms with Gasteiger partial charge in [0.05, 0.1) is 18.7 Å². The lowest BCUT2D eigenvalue weighted by molar-refractivity contribution is -0.144. The molecule has 0 spiro atoms. The number of likely N-dealkylation sites (tertiary alicyclic amines) is 1. The normalized spacial score (nSPS) is 20.4. The van der Waals surface area contributed by atoms with Crippen LogP contribution in [0.15, 0.2) is 66.9 Å². The summed E-state index contributed by atoms with van der Waals surface area (Å²) in [5, 5.41) is 1.14. The minimum atomic E-state index is -0.452. The third kappa shape index (κ3) is 5.22. The van der Waals surface area contributed by atoms with Gasteiger partial charge in [0.2, 0.25) is 5.91 Å². The Morgan fingerprint density at radius 1 is 1.00 bits per heavy atom. The average molecular weight is 472 g/mol. The first-order valence-corrected chi connectivity index (χ1v) is 12.6. The Hall–Kier alpha value is -3.25. The minimum absolute atomic E-state index is 0.0485. The summed E-state index contributed by atoms with van der Waals surface area (Å²) >= 11 is 0. The van der Waals surface area contributed by atoms with E-state index in [9.17, 15) is 9.59 Å². The molecule has 1 unspecified atom stereocenters. The molecule has 0 aliphatic carbocycles. The van der Waals surface area contributed by atoms with Crippen LogP contribution in [0.3, 0.4) is 0 Å². The molecule has 0 N–H and O–H groups in total. The largest absolute Gasteiger partial charge is 0.379 e. The molecule has 2 aliphatic heterocycles. The van der Waals surface area contributed by atoms with Crippen molar-refractivity contribution in [3.05, 3.63) is 78.0 Å². The Labute approximate surface area is 206 Å². The van der Waals surface area contributed by atoms with E-state index in [1.54, 1.807) is 0 Å². The Kier molecular flexibility index (Phi) is 6.82. The number of hydrogen-bond acceptors (Lipinski definition) is 4. The first kappa shape index (κ1) is 23.5. The third-order valence-electron chi connectivity index (χ3n) is 7.49. The number of ether oxygens (including phenoxy) is 1. The number of aromatic nitrogens is 1. The zero-order valence-corrected chi connectivity index (χ0v) is 20.4. The number of para-hydroxylation sites is 1. The number of amides is 2. The molecule has 5 rings (SSSR count). The van der Waals surface area contributed by atoms with E-state index >= 15 is 0 Å². The van der Waals surface area contributed by atoms with Crippen LogP contribution in [-0.4, -0.2) is 66.0 Å². The second-order valence-corrected chi connectivity index (χ2v) is 10.2. The molecule has 2 aromatic carbocycles. The van der Waals surface area contributed by atoms with E-state index in [0.29, 0.717) is 57.8 Å². The summed E-state index contributed by atoms with van der Waals surface area (Å²) in [7, 11) is 0. The summed E-state index contributed by atoms with van der Waals surface area (Å²) in [6.45, 7) is 5.79. The first-order valence-electron chi connectivity index (χ1n) is 12.6. The summed E-state index contributed by atoms with van der Waals surface area (Å²) in [5.41, 5.74) is 2.42. The summed E-state index contributed by atoms with van der Waals surface area (Å²) in [5.74, 6) is 0.469. The molecule has 2 aliphatic rings. The van der Waals surface area contributed by atoms with E-state index < -0.39 is 5.41 Å². The Bertz CT molecular complexity index is 1190. The summed E-state index contributed by atoms with van der Waals surface area (Å²) < 4.78 is 5.90. The van der Waals surface area contributed by atoms with Gasteiger partial charge in [-0.3, -0.25) is 14.6 Å². The van der Waals surface area contributed by atoms with Crippen molar-refractivity contribution in [1.29, 1.82) is 0 Å². The fourth-order valence-corrected chi connectivity index (χ4v) is 5.31. The maximum Gasteiger partial charge on any atom is 0.253 e. The Morgan fingerprint density at radius 3 is 2.54 bits per heavy atom. The number of rotatable bonds is 4. The van der Waals surface area contributed by atoms with E-state index in [0.717, 1.165) is 17.3 Å². The molecule has 0 saturated carbocycles. The lowest BCUT2D eigenvalue weighted by atomic mass is 9.78. The van der Waals surface area contributed by atoms with Crippen LogP contribution in [0, 0.1) is 11.3 Å². The number of pyridine rings is 1. The Balaban J connectivity index is 1.22. The number of nitrogens with zero attached hydrogens (tertiary/aromatic N) is 3. The monoisotopic (exact) mass is 471 g/mol. The van der Waals surface area contributed by atoms with Gasteiger partial charge in [0, 0.05) is 54.7 Å². The maximum absolute atomic E-state index is 13.7. The van der Waals surface area contributed by atoms with Crippen molar-refractivity contribution in [2.45, 2.75) is 26.2 Å². The van der Waals surface area contributed by atoms with Gasteiger partial charge in [-0.05, 0) is 49.1 Å². The number of fused-ring (bicyclic) bond motifs is 1. The molecular formula is C29H33N3O3. The molecule has 3 heterocycles. The van der Waals surface area contributed by atoms with Crippen molar-refractivity contribution < 1.29 is 14.3 Å². The van der Waals surface area contributed by atoms with E-state index in [1.165, 1.54) is 5.56 Å². The molecule has 6 nitrogen and oxygen atoms in total. The molecule has 0 radical (unpaired) electrons. The molecule has 1 atom stereocenters. The highest BCUT2D eigenvalue weighted by atomic mass is 16.5. The second kappa shape index (κ2) is 10.2. The molecule has 3 aromatic rings. The number of piperidine rings is 1. The molecule has 35 heavy (non-hydrogen) atoms. The second-order valence-electron chi connectivity index (χ2n) is 10.2. The van der Waals surface area contributed by atoms with Crippen molar-refractivity contribution >= 4 is 22.7 Å². The lowest BCUT2D eigenvalue weighted by Gasteiger charge is -2.41. The van der Waals surface area contributed by atoms with Gasteiger partial charge < -0.3 is 14.5 Å². The van der Waals surface area contributed by atoms with Crippen LogP contribution < -0.4 is 0 Å². The molecule has 182 valence electrons. The zero-order chi connectivity index (χ0) is 24.3. The molecule has 1 aromatic heterocycles. The summed E-state index contributed by atoms with van der Waals surface area (Å²) in [6, 6.07) is 19.7. The summed E-state index contributed by atoms with van der Waals surface area (Å²) in [6.07, 6.45) is 4.14. The van der Waals surface area contributed by atoms with Gasteiger partial charge in [-0.15, -0.1) is 0 Å². The fourth-order valence-electron chi connectivity index (χ4n) is 5.31. The van der Waals surface area contributed by atoms with Crippen molar-refractivity contribution in [3.8, 4) is 0 Å². The molecule has 2 fully saturated rings. The van der Waals surface area contributed by atoms with Crippen molar-refractivity contribution in [2.24, 2.45) is 11.3 Å². The highest BCUT2D eigenvalue weighted by Crippen LogP contribution is 2.34. The van der Waals surface area contributed by atoms with E-state index in [2.05, 4.69) is 24.0 Å². The molecular weight excluding hydrogens is 438 g/mol. The van der Waals surface area contributed by atoms with Crippen LogP contribution in [0.4, 0.5) is 0 Å². The SMILES string of the molecule is CC1(C(=O)N2CCOCC(Cc3cnc4ccccc4c3)C2)CCN(C(=O)c2ccccc2)CC1. The topological polar surface area (TPSA) is 62.7 Å². The van der Waals surface area contributed by atoms with Gasteiger partial charge in [0.1, 0.15) is 0 Å². The van der Waals surface area contributed by atoms with Gasteiger partial charge in [-0.25, -0.2) is 0 Å². The van der Waals surface area contributed by atoms with Crippen LogP contribution in [0.25, 0.3) is 10.9 Å². The quantitative estimate of drug-likeness (QED) is 0.572. The van der Waals surface area contributed by atoms with Gasteiger partial charge in [-0.1, -0.05) is 43.3 Å². The average Bonchev–Trinajstić information content (AvgIpc) is 3.14. The van der Waals surface area contributed by atoms with Crippen LogP contribution in [0.1, 0.15) is 35.7 Å². The van der Waals surface area contributed by atoms with Gasteiger partial charge in [-0.2, -0.15) is 0 Å². The molecule has 0 bridgehead atoms. The van der Waals surface area contributed by atoms with Crippen molar-refractivity contribution in [3.63, 3.8) is 0 Å². The minimum Gasteiger partial charge on any atom is -0.379 e. The maximum atomic E-state index is 13.7. The van der Waals surface area contributed by atoms with Crippen LogP contribution in [-0.2, 0) is 16.0 Å². The highest BCUT2D eigenvalue weighted by molar-refractivity contribution is 5.94. The number of carbonyl (C=O) groups is 2. The summed E-state index contributed by atoms with van der Waals surface area (Å²) in [4.78, 5) is 35.0. The van der Waals surface area contributed by atoms with Crippen LogP contribution >= 0.6 is 0 Å². The zero-order valence-electron chi connectivity index (χ0n) is 20.4. The molecule has 2 amide bonds. The fraction of sp³-hybridized carbons (Fsp3) is 0.414. The first-order chi connectivity index (χ1) is 17.0. The van der Waals surface area contributed by atoms with Crippen molar-refractivity contribution in [2.75, 3.05) is 39.4 Å². The van der Waals surface area contributed by atoms with E-state index in [-0.39, 0.29) is 17.7 Å². The lowest BCUT2D eigenvalue weighted by Crippen LogP contribution is -2.51. The number of benzene rings is 2. The number of hydrogen-bond donors (Lipinski definition) is 0. The van der Waals surface area contributed by atoms with Crippen LogP contribution in [0.2, 0.25) is 0 Å². The van der Waals surface area contributed by atoms with Crippen LogP contribution in [0.5, 0.6) is 0 Å². The number of carbonyl (C=O) groups excluding carboxylic acids is 2. The van der Waals surface area contributed by atoms with Gasteiger partial charge >= 0.3 is 0 Å². The predicted octanol–water partition coefficient (Wildman–Crippen LogP) is 4.19. The molecule has 6 heteroatoms. The third-order valence-corrected chi connectivity index (χ3v) is 7.49. The van der Waals surface area contributed by atoms with Crippen molar-refractivity contribution in [1.82, 2.24) is 14.8 Å². The van der Waals surface area contributed by atoms with E-state index in [4.69, 9.17) is 4.74 Å². The van der Waals surface area contributed by atoms with Gasteiger partial charge in [0.25, 0.3) is 5.91 Å². The van der Waals surface area contributed by atoms with Gasteiger partial charge in [0.15, 0.2) is 0 Å². The highest BCUT2D eigenvalue weighted by Gasteiger charge is 2.41. The van der Waals surface area contributed by atoms with E-state index in [1.807, 2.05) is 64.5 Å². The standard InChI is InChI=1S/C29H33N3O3/c1-29(11-13-31(14-12-29)27(33)24-7-3-2-4-8-24)28(34)32-15-16-35-21-23(20-32)17-22-18-25-9-5-6-10-26(25)30-19-22/h2-10,18-19,23H,11-17,20-21H2,1H3.